The van der Waals surface area contributed by atoms with Crippen LogP contribution in [0.3, 0.4) is 0 Å². The highest BCUT2D eigenvalue weighted by Crippen LogP contribution is 2.18. The number of hydrogen-bond acceptors (Lipinski definition) is 3. The van der Waals surface area contributed by atoms with Gasteiger partial charge in [0, 0.05) is 29.5 Å². The smallest absolute Gasteiger partial charge is 0.237 e. The average molecular weight is 298 g/mol. The number of carbonyl (C=O) groups excluding carboxylic acids is 1. The van der Waals surface area contributed by atoms with Crippen molar-refractivity contribution in [2.75, 3.05) is 0 Å². The van der Waals surface area contributed by atoms with Crippen molar-refractivity contribution in [1.82, 2.24) is 15.6 Å². The molecule has 1 aromatic heterocycles. The summed E-state index contributed by atoms with van der Waals surface area (Å²) in [6, 6.07) is 2.24. The normalized spacial score (nSPS) is 16.6. The fourth-order valence-electron chi connectivity index (χ4n) is 1.47. The largest absolute Gasteiger partial charge is 0.352 e. The highest BCUT2D eigenvalue weighted by atomic mass is 79.9. The molecule has 5 heteroatoms. The number of nitrogens with zero attached hydrogens (tertiary/aromatic N) is 1. The molecule has 1 amide bonds. The van der Waals surface area contributed by atoms with Gasteiger partial charge in [0.05, 0.1) is 6.04 Å². The Balaban J connectivity index is 1.78. The second-order valence-electron chi connectivity index (χ2n) is 4.40. The average Bonchev–Trinajstić information content (AvgIpc) is 3.10. The Morgan fingerprint density at radius 2 is 2.35 bits per heavy atom. The summed E-state index contributed by atoms with van der Waals surface area (Å²) in [5.41, 5.74) is 1.06. The maximum atomic E-state index is 11.7. The van der Waals surface area contributed by atoms with Crippen LogP contribution in [-0.4, -0.2) is 23.0 Å². The van der Waals surface area contributed by atoms with Gasteiger partial charge in [0.25, 0.3) is 0 Å². The van der Waals surface area contributed by atoms with Gasteiger partial charge in [0.15, 0.2) is 0 Å². The van der Waals surface area contributed by atoms with Crippen LogP contribution < -0.4 is 10.6 Å². The summed E-state index contributed by atoms with van der Waals surface area (Å²) in [6.45, 7) is 2.52. The van der Waals surface area contributed by atoms with Gasteiger partial charge in [-0.15, -0.1) is 0 Å². The van der Waals surface area contributed by atoms with Gasteiger partial charge < -0.3 is 10.6 Å². The number of halogens is 1. The van der Waals surface area contributed by atoms with Crippen molar-refractivity contribution in [2.24, 2.45) is 0 Å². The molecule has 0 aromatic carbocycles. The summed E-state index contributed by atoms with van der Waals surface area (Å²) in [6.07, 6.45) is 5.78. The zero-order valence-electron chi connectivity index (χ0n) is 9.74. The summed E-state index contributed by atoms with van der Waals surface area (Å²) in [7, 11) is 0. The summed E-state index contributed by atoms with van der Waals surface area (Å²) < 4.78 is 0.951. The Bertz CT molecular complexity index is 406. The predicted molar refractivity (Wildman–Crippen MR) is 69.4 cm³/mol. The molecule has 1 aliphatic carbocycles. The van der Waals surface area contributed by atoms with E-state index in [2.05, 4.69) is 31.5 Å². The number of aromatic nitrogens is 1. The molecule has 1 fully saturated rings. The number of nitrogens with one attached hydrogen (secondary N) is 2. The van der Waals surface area contributed by atoms with Crippen LogP contribution in [0.25, 0.3) is 0 Å². The van der Waals surface area contributed by atoms with Gasteiger partial charge in [-0.05, 0) is 47.3 Å². The van der Waals surface area contributed by atoms with Crippen molar-refractivity contribution in [1.29, 1.82) is 0 Å². The Morgan fingerprint density at radius 3 is 3.00 bits per heavy atom. The minimum Gasteiger partial charge on any atom is -0.352 e. The lowest BCUT2D eigenvalue weighted by molar-refractivity contribution is -0.122. The third-order valence-corrected chi connectivity index (χ3v) is 3.12. The van der Waals surface area contributed by atoms with Crippen molar-refractivity contribution >= 4 is 21.8 Å². The van der Waals surface area contributed by atoms with Crippen molar-refractivity contribution in [3.05, 3.63) is 28.5 Å². The molecule has 0 aliphatic heterocycles. The van der Waals surface area contributed by atoms with E-state index < -0.39 is 0 Å². The molecule has 2 rings (SSSR count). The van der Waals surface area contributed by atoms with E-state index in [9.17, 15) is 4.79 Å². The highest BCUT2D eigenvalue weighted by molar-refractivity contribution is 9.10. The lowest BCUT2D eigenvalue weighted by Gasteiger charge is -2.13. The van der Waals surface area contributed by atoms with E-state index in [-0.39, 0.29) is 11.9 Å². The first kappa shape index (κ1) is 12.5. The maximum Gasteiger partial charge on any atom is 0.237 e. The Labute approximate surface area is 109 Å². The SMILES string of the molecule is CC(NCc1cncc(Br)c1)C(=O)NC1CC1. The van der Waals surface area contributed by atoms with E-state index in [1.807, 2.05) is 13.0 Å². The van der Waals surface area contributed by atoms with Crippen LogP contribution in [0.5, 0.6) is 0 Å². The minimum atomic E-state index is -0.172. The van der Waals surface area contributed by atoms with Crippen LogP contribution in [0.1, 0.15) is 25.3 Å². The maximum absolute atomic E-state index is 11.7. The molecule has 1 aliphatic rings. The monoisotopic (exact) mass is 297 g/mol. The Kier molecular flexibility index (Phi) is 4.12. The first-order valence-electron chi connectivity index (χ1n) is 5.78. The topological polar surface area (TPSA) is 54.0 Å². The zero-order valence-corrected chi connectivity index (χ0v) is 11.3. The lowest BCUT2D eigenvalue weighted by Crippen LogP contribution is -2.42. The Hall–Kier alpha value is -0.940. The summed E-state index contributed by atoms with van der Waals surface area (Å²) >= 11 is 3.37. The number of rotatable bonds is 5. The van der Waals surface area contributed by atoms with Crippen LogP contribution >= 0.6 is 15.9 Å². The molecule has 1 atom stereocenters. The first-order chi connectivity index (χ1) is 8.15. The van der Waals surface area contributed by atoms with Crippen LogP contribution in [0.15, 0.2) is 22.9 Å². The van der Waals surface area contributed by atoms with Gasteiger partial charge in [-0.2, -0.15) is 0 Å². The standard InChI is InChI=1S/C12H16BrN3O/c1-8(12(17)16-11-2-3-11)15-6-9-4-10(13)7-14-5-9/h4-5,7-8,11,15H,2-3,6H2,1H3,(H,16,17). The molecule has 1 heterocycles. The van der Waals surface area contributed by atoms with Crippen LogP contribution in [-0.2, 0) is 11.3 Å². The lowest BCUT2D eigenvalue weighted by atomic mass is 10.2. The molecule has 0 saturated heterocycles. The number of pyridine rings is 1. The Morgan fingerprint density at radius 1 is 1.59 bits per heavy atom. The quantitative estimate of drug-likeness (QED) is 0.868. The molecule has 4 nitrogen and oxygen atoms in total. The number of carbonyl (C=O) groups is 1. The van der Waals surface area contributed by atoms with Gasteiger partial charge >= 0.3 is 0 Å². The van der Waals surface area contributed by atoms with Gasteiger partial charge in [-0.3, -0.25) is 9.78 Å². The molecule has 1 saturated carbocycles. The van der Waals surface area contributed by atoms with Crippen LogP contribution in [0, 0.1) is 0 Å². The van der Waals surface area contributed by atoms with Crippen molar-refractivity contribution in [2.45, 2.75) is 38.4 Å². The van der Waals surface area contributed by atoms with Crippen LogP contribution in [0.4, 0.5) is 0 Å². The first-order valence-corrected chi connectivity index (χ1v) is 6.57. The van der Waals surface area contributed by atoms with E-state index in [1.165, 1.54) is 0 Å². The van der Waals surface area contributed by atoms with Gasteiger partial charge in [-0.1, -0.05) is 0 Å². The van der Waals surface area contributed by atoms with Gasteiger partial charge in [0.1, 0.15) is 0 Å². The highest BCUT2D eigenvalue weighted by Gasteiger charge is 2.25. The van der Waals surface area contributed by atoms with E-state index in [0.29, 0.717) is 12.6 Å². The zero-order chi connectivity index (χ0) is 12.3. The molecule has 0 bridgehead atoms. The molecule has 1 unspecified atom stereocenters. The van der Waals surface area contributed by atoms with Gasteiger partial charge in [-0.25, -0.2) is 0 Å². The molecule has 0 radical (unpaired) electrons. The number of amides is 1. The molecule has 2 N–H and O–H groups in total. The summed E-state index contributed by atoms with van der Waals surface area (Å²) in [5.74, 6) is 0.0791. The van der Waals surface area contributed by atoms with E-state index in [4.69, 9.17) is 0 Å². The third kappa shape index (κ3) is 4.09. The molecule has 92 valence electrons. The van der Waals surface area contributed by atoms with Gasteiger partial charge in [0.2, 0.25) is 5.91 Å². The van der Waals surface area contributed by atoms with Crippen molar-refractivity contribution in [3.63, 3.8) is 0 Å². The molecule has 0 spiro atoms. The summed E-state index contributed by atoms with van der Waals surface area (Å²) in [5, 5.41) is 6.16. The molecular formula is C12H16BrN3O. The molecular weight excluding hydrogens is 282 g/mol. The van der Waals surface area contributed by atoms with E-state index in [0.717, 1.165) is 22.9 Å². The number of hydrogen-bond donors (Lipinski definition) is 2. The fourth-order valence-corrected chi connectivity index (χ4v) is 1.88. The molecule has 17 heavy (non-hydrogen) atoms. The fraction of sp³-hybridized carbons (Fsp3) is 0.500. The van der Waals surface area contributed by atoms with E-state index >= 15 is 0 Å². The van der Waals surface area contributed by atoms with Crippen LogP contribution in [0.2, 0.25) is 0 Å². The van der Waals surface area contributed by atoms with Crippen molar-refractivity contribution < 1.29 is 4.79 Å². The van der Waals surface area contributed by atoms with Crippen molar-refractivity contribution in [3.8, 4) is 0 Å². The second-order valence-corrected chi connectivity index (χ2v) is 5.31. The predicted octanol–water partition coefficient (Wildman–Crippen LogP) is 1.60. The minimum absolute atomic E-state index is 0.0791. The molecule has 1 aromatic rings. The van der Waals surface area contributed by atoms with E-state index in [1.54, 1.807) is 12.4 Å². The second kappa shape index (κ2) is 5.60. The third-order valence-electron chi connectivity index (χ3n) is 2.69. The summed E-state index contributed by atoms with van der Waals surface area (Å²) in [4.78, 5) is 15.8.